The van der Waals surface area contributed by atoms with Crippen molar-refractivity contribution >= 4 is 154 Å². The van der Waals surface area contributed by atoms with E-state index in [0.717, 1.165) is 10.9 Å². The van der Waals surface area contributed by atoms with Crippen molar-refractivity contribution in [3.63, 3.8) is 0 Å². The Morgan fingerprint density at radius 3 is 0.500 bits per heavy atom. The highest BCUT2D eigenvalue weighted by Gasteiger charge is 2.53. The lowest BCUT2D eigenvalue weighted by Crippen LogP contribution is -2.41. The summed E-state index contributed by atoms with van der Waals surface area (Å²) < 4.78 is 28.9. The normalized spacial score (nSPS) is 16.7. The van der Waals surface area contributed by atoms with Gasteiger partial charge in [0.15, 0.2) is 0 Å². The molecule has 0 radical (unpaired) electrons. The van der Waals surface area contributed by atoms with Crippen molar-refractivity contribution in [1.82, 2.24) is 0 Å². The summed E-state index contributed by atoms with van der Waals surface area (Å²) in [4.78, 5) is 0. The van der Waals surface area contributed by atoms with E-state index in [9.17, 15) is 0 Å². The molecule has 2 fully saturated rings. The van der Waals surface area contributed by atoms with E-state index >= 15 is 0 Å². The molecule has 0 unspecified atom stereocenters. The molecule has 2 aliphatic rings. The lowest BCUT2D eigenvalue weighted by atomic mass is 9.69. The van der Waals surface area contributed by atoms with Gasteiger partial charge in [-0.2, -0.15) is 0 Å². The first-order chi connectivity index (χ1) is 45.5. The van der Waals surface area contributed by atoms with Crippen molar-refractivity contribution in [3.8, 4) is 44.5 Å². The molecular formula is C90H80B2O4. The SMILES string of the molecule is Cc1cc(C)c(-c2cc3c4cc(B5OC(C)(C)C(C)(C)O5)cc5c6cc(-c7c(C)cc(C)cc7C)cc7c8cc(-c9c(C)cc(C)cc9C)cc9c%10cc(B%11OC(C)(C)C(C)(C)O%11)cc%11c%12cc(-c%13c(C)cc(C)cc%13C)cc%13c(c2)c3c2c(c45)c(c67)c(c98)c(c%11%10)c2c%12%13)c(C)c1. The Balaban J connectivity index is 1.14. The zero-order chi connectivity index (χ0) is 66.7. The number of aryl methyl sites for hydroxylation is 12. The molecule has 19 rings (SSSR count). The minimum absolute atomic E-state index is 0.563. The van der Waals surface area contributed by atoms with E-state index in [1.807, 2.05) is 0 Å². The minimum Gasteiger partial charge on any atom is -0.399 e. The number of fused-ring (bicyclic) bond motifs is 6. The average Bonchev–Trinajstić information content (AvgIpc) is 0.714. The summed E-state index contributed by atoms with van der Waals surface area (Å²) in [6.07, 6.45) is 0. The summed E-state index contributed by atoms with van der Waals surface area (Å²) in [5, 5.41) is 30.9. The highest BCUT2D eigenvalue weighted by Crippen LogP contribution is 2.62. The van der Waals surface area contributed by atoms with Gasteiger partial charge in [0.2, 0.25) is 0 Å². The summed E-state index contributed by atoms with van der Waals surface area (Å²) in [7, 11) is -1.22. The van der Waals surface area contributed by atoms with Crippen molar-refractivity contribution in [1.29, 1.82) is 0 Å². The van der Waals surface area contributed by atoms with E-state index in [0.29, 0.717) is 0 Å². The van der Waals surface area contributed by atoms with Crippen LogP contribution >= 0.6 is 0 Å². The Morgan fingerprint density at radius 1 is 0.198 bits per heavy atom. The first-order valence-electron chi connectivity index (χ1n) is 34.9. The standard InChI is InChI=1S/C90H80B2O4/c1-41-21-45(5)71(46(6)22-41)53-29-59-60-30-54(72-47(7)23-42(2)24-48(72)8)34-64-69-39-58(92-95-89(17,18)90(19,20)96-92)40-70-66-36-56(74-51(11)27-44(4)28-52(74)12)32-62-61-31-55(73-49(9)25-43(3)26-50(73)10)35-65-68-38-57(91-93-87(13,14)88(15,16)94-91)37-67-63(33-53)75(59)81-82(76(60)64)86(80(69)70)84(78(62)66)83(77(61)65)85(81)79(67)68/h21-40H,1-20H3. The molecule has 0 amide bonds. The first-order valence-corrected chi connectivity index (χ1v) is 34.9. The molecule has 17 aromatic rings. The summed E-state index contributed by atoms with van der Waals surface area (Å²) in [6.45, 7) is 44.9. The van der Waals surface area contributed by atoms with E-state index < -0.39 is 36.6 Å². The van der Waals surface area contributed by atoms with Gasteiger partial charge in [-0.05, 0) is 416 Å². The maximum atomic E-state index is 7.24. The molecule has 0 atom stereocenters. The van der Waals surface area contributed by atoms with Crippen molar-refractivity contribution in [2.24, 2.45) is 0 Å². The third-order valence-electron chi connectivity index (χ3n) is 24.5. The predicted molar refractivity (Wildman–Crippen MR) is 414 cm³/mol. The fourth-order valence-corrected chi connectivity index (χ4v) is 19.7. The van der Waals surface area contributed by atoms with Crippen molar-refractivity contribution < 1.29 is 18.6 Å². The van der Waals surface area contributed by atoms with E-state index in [1.54, 1.807) is 0 Å². The Labute approximate surface area is 563 Å². The van der Waals surface area contributed by atoms with Crippen LogP contribution in [0.25, 0.3) is 174 Å². The number of hydrogen-bond acceptors (Lipinski definition) is 4. The van der Waals surface area contributed by atoms with Gasteiger partial charge in [-0.25, -0.2) is 0 Å². The van der Waals surface area contributed by atoms with E-state index in [1.165, 1.54) is 241 Å². The molecule has 0 spiro atoms. The molecule has 0 saturated carbocycles. The lowest BCUT2D eigenvalue weighted by molar-refractivity contribution is 0.00578. The second-order valence-corrected chi connectivity index (χ2v) is 32.3. The van der Waals surface area contributed by atoms with E-state index in [2.05, 4.69) is 260 Å². The van der Waals surface area contributed by atoms with Gasteiger partial charge in [0.05, 0.1) is 22.4 Å². The van der Waals surface area contributed by atoms with Gasteiger partial charge in [0.25, 0.3) is 0 Å². The van der Waals surface area contributed by atoms with E-state index in [4.69, 9.17) is 18.6 Å². The maximum Gasteiger partial charge on any atom is 0.494 e. The first kappa shape index (κ1) is 58.7. The summed E-state index contributed by atoms with van der Waals surface area (Å²) in [5.41, 5.74) is 25.1. The van der Waals surface area contributed by atoms with Crippen LogP contribution in [0, 0.1) is 83.1 Å². The van der Waals surface area contributed by atoms with Gasteiger partial charge in [-0.15, -0.1) is 0 Å². The van der Waals surface area contributed by atoms with Gasteiger partial charge >= 0.3 is 14.2 Å². The van der Waals surface area contributed by atoms with Crippen LogP contribution in [-0.2, 0) is 18.6 Å². The lowest BCUT2D eigenvalue weighted by Gasteiger charge is -2.32. The summed E-state index contributed by atoms with van der Waals surface area (Å²) in [6, 6.07) is 49.6. The molecule has 0 aliphatic carbocycles. The molecular weight excluding hydrogens is 1170 g/mol. The van der Waals surface area contributed by atoms with Gasteiger partial charge in [0.1, 0.15) is 0 Å². The number of hydrogen-bond donors (Lipinski definition) is 0. The molecule has 4 nitrogen and oxygen atoms in total. The average molecular weight is 1250 g/mol. The molecule has 2 heterocycles. The highest BCUT2D eigenvalue weighted by atomic mass is 16.7. The molecule has 0 bridgehead atoms. The Bertz CT molecular complexity index is 5510. The van der Waals surface area contributed by atoms with Gasteiger partial charge < -0.3 is 18.6 Å². The zero-order valence-corrected chi connectivity index (χ0v) is 59.3. The monoisotopic (exact) mass is 1250 g/mol. The van der Waals surface area contributed by atoms with Crippen LogP contribution in [0.1, 0.15) is 122 Å². The fraction of sp³-hybridized carbons (Fsp3) is 0.267. The number of rotatable bonds is 6. The van der Waals surface area contributed by atoms with Crippen LogP contribution in [0.4, 0.5) is 0 Å². The molecule has 17 aromatic carbocycles. The third kappa shape index (κ3) is 7.47. The van der Waals surface area contributed by atoms with Crippen LogP contribution in [0.15, 0.2) is 121 Å². The van der Waals surface area contributed by atoms with Gasteiger partial charge in [0, 0.05) is 0 Å². The Morgan fingerprint density at radius 2 is 0.344 bits per heavy atom. The van der Waals surface area contributed by atoms with Crippen LogP contribution in [0.5, 0.6) is 0 Å². The zero-order valence-electron chi connectivity index (χ0n) is 59.3. The van der Waals surface area contributed by atoms with Crippen molar-refractivity contribution in [2.45, 2.75) is 161 Å². The van der Waals surface area contributed by atoms with Crippen LogP contribution in [0.2, 0.25) is 0 Å². The predicted octanol–water partition coefficient (Wildman–Crippen LogP) is 23.1. The van der Waals surface area contributed by atoms with Gasteiger partial charge in [-0.1, -0.05) is 95.1 Å². The second kappa shape index (κ2) is 18.7. The molecule has 0 N–H and O–H groups in total. The topological polar surface area (TPSA) is 36.9 Å². The molecule has 0 aromatic heterocycles. The fourth-order valence-electron chi connectivity index (χ4n) is 19.7. The second-order valence-electron chi connectivity index (χ2n) is 32.3. The summed E-state index contributed by atoms with van der Waals surface area (Å²) >= 11 is 0. The van der Waals surface area contributed by atoms with Crippen LogP contribution in [-0.4, -0.2) is 36.6 Å². The largest absolute Gasteiger partial charge is 0.494 e. The smallest absolute Gasteiger partial charge is 0.399 e. The highest BCUT2D eigenvalue weighted by molar-refractivity contribution is 6.67. The van der Waals surface area contributed by atoms with Crippen molar-refractivity contribution in [3.05, 3.63) is 188 Å². The van der Waals surface area contributed by atoms with Crippen LogP contribution in [0.3, 0.4) is 0 Å². The van der Waals surface area contributed by atoms with Gasteiger partial charge in [-0.3, -0.25) is 0 Å². The Hall–Kier alpha value is -8.61. The molecule has 2 aliphatic heterocycles. The number of benzene rings is 17. The van der Waals surface area contributed by atoms with Crippen LogP contribution < -0.4 is 10.9 Å². The van der Waals surface area contributed by atoms with Crippen molar-refractivity contribution in [2.75, 3.05) is 0 Å². The summed E-state index contributed by atoms with van der Waals surface area (Å²) in [5.74, 6) is 0. The molecule has 6 heteroatoms. The third-order valence-corrected chi connectivity index (χ3v) is 24.5. The molecule has 96 heavy (non-hydrogen) atoms. The maximum absolute atomic E-state index is 7.24. The molecule has 470 valence electrons. The van der Waals surface area contributed by atoms with E-state index in [-0.39, 0.29) is 0 Å². The quantitative estimate of drug-likeness (QED) is 0.0944. The Kier molecular flexibility index (Phi) is 11.5. The molecule has 2 saturated heterocycles. The minimum atomic E-state index is -0.610.